The normalized spacial score (nSPS) is 18.7. The molecular formula is C15H15F3N2O2S. The van der Waals surface area contributed by atoms with Crippen molar-refractivity contribution in [1.29, 1.82) is 0 Å². The van der Waals surface area contributed by atoms with E-state index in [0.717, 1.165) is 17.8 Å². The Bertz CT molecular complexity index is 684. The quantitative estimate of drug-likeness (QED) is 0.850. The van der Waals surface area contributed by atoms with Crippen molar-refractivity contribution in [2.45, 2.75) is 25.3 Å². The number of nitrogens with two attached hydrogens (primary N) is 1. The van der Waals surface area contributed by atoms with Gasteiger partial charge in [-0.15, -0.1) is 0 Å². The molecule has 0 aliphatic carbocycles. The Labute approximate surface area is 135 Å². The first kappa shape index (κ1) is 17.4. The third-order valence-corrected chi connectivity index (χ3v) is 4.27. The van der Waals surface area contributed by atoms with Crippen LogP contribution in [-0.4, -0.2) is 17.7 Å². The Morgan fingerprint density at radius 1 is 1.39 bits per heavy atom. The molecule has 1 aliphatic heterocycles. The molecule has 0 saturated carbocycles. The minimum Gasteiger partial charge on any atom is -0.463 e. The van der Waals surface area contributed by atoms with E-state index in [2.05, 4.69) is 4.99 Å². The highest BCUT2D eigenvalue weighted by Crippen LogP contribution is 2.45. The van der Waals surface area contributed by atoms with Crippen LogP contribution in [0.4, 0.5) is 13.2 Å². The molecule has 1 aromatic carbocycles. The Morgan fingerprint density at radius 2 is 2.04 bits per heavy atom. The summed E-state index contributed by atoms with van der Waals surface area (Å²) in [6.07, 6.45) is -4.53. The van der Waals surface area contributed by atoms with Gasteiger partial charge in [0.15, 0.2) is 5.17 Å². The van der Waals surface area contributed by atoms with Crippen LogP contribution in [0.25, 0.3) is 0 Å². The molecule has 23 heavy (non-hydrogen) atoms. The zero-order valence-electron chi connectivity index (χ0n) is 12.5. The van der Waals surface area contributed by atoms with Crippen LogP contribution in [0, 0.1) is 0 Å². The van der Waals surface area contributed by atoms with Crippen LogP contribution in [0.2, 0.25) is 0 Å². The van der Waals surface area contributed by atoms with E-state index < -0.39 is 23.0 Å². The molecule has 0 fully saturated rings. The molecule has 1 heterocycles. The van der Waals surface area contributed by atoms with Gasteiger partial charge in [0.05, 0.1) is 28.7 Å². The van der Waals surface area contributed by atoms with Crippen molar-refractivity contribution >= 4 is 22.9 Å². The van der Waals surface area contributed by atoms with Gasteiger partial charge in [-0.2, -0.15) is 13.2 Å². The van der Waals surface area contributed by atoms with Crippen molar-refractivity contribution < 1.29 is 22.7 Å². The molecule has 1 aromatic rings. The van der Waals surface area contributed by atoms with Crippen LogP contribution < -0.4 is 5.73 Å². The van der Waals surface area contributed by atoms with Gasteiger partial charge in [-0.05, 0) is 25.5 Å². The molecule has 0 amide bonds. The summed E-state index contributed by atoms with van der Waals surface area (Å²) in [5.74, 6) is -0.685. The summed E-state index contributed by atoms with van der Waals surface area (Å²) in [5.41, 5.74) is 5.20. The summed E-state index contributed by atoms with van der Waals surface area (Å²) in [7, 11) is 0. The second-order valence-electron chi connectivity index (χ2n) is 4.75. The fourth-order valence-corrected chi connectivity index (χ4v) is 3.44. The monoisotopic (exact) mass is 344 g/mol. The number of allylic oxidation sites excluding steroid dienone is 1. The van der Waals surface area contributed by atoms with Crippen molar-refractivity contribution in [1.82, 2.24) is 0 Å². The smallest absolute Gasteiger partial charge is 0.416 e. The van der Waals surface area contributed by atoms with Gasteiger partial charge < -0.3 is 10.5 Å². The molecule has 0 aromatic heterocycles. The number of thioether (sulfide) groups is 1. The van der Waals surface area contributed by atoms with Crippen molar-refractivity contribution in [2.75, 3.05) is 6.61 Å². The summed E-state index contributed by atoms with van der Waals surface area (Å²) < 4.78 is 44.8. The molecule has 0 bridgehead atoms. The number of carbonyl (C=O) groups is 1. The standard InChI is InChI=1S/C15H15F3N2O2S/c1-3-22-13(21)11-8(2)20-14(19)23-12(11)9-6-4-5-7-10(9)15(16,17)18/h4-7,12H,3H2,1-2H3,(H2,19,20). The van der Waals surface area contributed by atoms with E-state index >= 15 is 0 Å². The highest BCUT2D eigenvalue weighted by molar-refractivity contribution is 8.14. The first-order valence-corrected chi connectivity index (χ1v) is 7.68. The number of rotatable bonds is 3. The maximum Gasteiger partial charge on any atom is 0.416 e. The summed E-state index contributed by atoms with van der Waals surface area (Å²) in [5, 5.41) is -0.804. The van der Waals surface area contributed by atoms with E-state index in [9.17, 15) is 18.0 Å². The molecule has 1 atom stereocenters. The lowest BCUT2D eigenvalue weighted by atomic mass is 9.97. The molecule has 124 valence electrons. The predicted octanol–water partition coefficient (Wildman–Crippen LogP) is 3.65. The lowest BCUT2D eigenvalue weighted by Gasteiger charge is -2.26. The number of aliphatic imine (C=N–C) groups is 1. The minimum absolute atomic E-state index is 0.0368. The van der Waals surface area contributed by atoms with E-state index in [1.165, 1.54) is 25.1 Å². The lowest BCUT2D eigenvalue weighted by Crippen LogP contribution is -2.24. The first-order valence-electron chi connectivity index (χ1n) is 6.80. The molecule has 2 N–H and O–H groups in total. The van der Waals surface area contributed by atoms with Gasteiger partial charge in [-0.1, -0.05) is 30.0 Å². The number of alkyl halides is 3. The zero-order valence-corrected chi connectivity index (χ0v) is 13.3. The number of halogens is 3. The number of benzene rings is 1. The van der Waals surface area contributed by atoms with Crippen LogP contribution in [0.3, 0.4) is 0 Å². The SMILES string of the molecule is CCOC(=O)C1=C(C)N=C(N)SC1c1ccccc1C(F)(F)F. The maximum atomic E-state index is 13.3. The Kier molecular flexibility index (Phi) is 5.03. The summed E-state index contributed by atoms with van der Waals surface area (Å²) >= 11 is 0.905. The topological polar surface area (TPSA) is 64.7 Å². The Balaban J connectivity index is 2.58. The zero-order chi connectivity index (χ0) is 17.2. The fraction of sp³-hybridized carbons (Fsp3) is 0.333. The molecule has 4 nitrogen and oxygen atoms in total. The van der Waals surface area contributed by atoms with Gasteiger partial charge in [0.2, 0.25) is 0 Å². The molecule has 1 unspecified atom stereocenters. The van der Waals surface area contributed by atoms with Crippen LogP contribution in [0.5, 0.6) is 0 Å². The maximum absolute atomic E-state index is 13.3. The predicted molar refractivity (Wildman–Crippen MR) is 82.7 cm³/mol. The van der Waals surface area contributed by atoms with Gasteiger partial charge in [-0.3, -0.25) is 0 Å². The molecule has 2 rings (SSSR count). The second kappa shape index (κ2) is 6.66. The number of esters is 1. The lowest BCUT2D eigenvalue weighted by molar-refractivity contribution is -0.140. The second-order valence-corrected chi connectivity index (χ2v) is 5.88. The van der Waals surface area contributed by atoms with Crippen molar-refractivity contribution in [2.24, 2.45) is 10.7 Å². The number of carbonyl (C=O) groups excluding carboxylic acids is 1. The van der Waals surface area contributed by atoms with Crippen LogP contribution >= 0.6 is 11.8 Å². The van der Waals surface area contributed by atoms with Gasteiger partial charge in [-0.25, -0.2) is 9.79 Å². The number of hydrogen-bond donors (Lipinski definition) is 1. The minimum atomic E-state index is -4.53. The fourth-order valence-electron chi connectivity index (χ4n) is 2.29. The van der Waals surface area contributed by atoms with E-state index in [-0.39, 0.29) is 28.6 Å². The van der Waals surface area contributed by atoms with Crippen molar-refractivity contribution in [3.63, 3.8) is 0 Å². The molecular weight excluding hydrogens is 329 g/mol. The van der Waals surface area contributed by atoms with Crippen molar-refractivity contribution in [3.8, 4) is 0 Å². The van der Waals surface area contributed by atoms with Crippen LogP contribution in [0.15, 0.2) is 40.5 Å². The van der Waals surface area contributed by atoms with E-state index in [1.807, 2.05) is 0 Å². The van der Waals surface area contributed by atoms with E-state index in [0.29, 0.717) is 0 Å². The third kappa shape index (κ3) is 3.69. The number of amidine groups is 1. The Hall–Kier alpha value is -1.96. The van der Waals surface area contributed by atoms with E-state index in [1.54, 1.807) is 6.92 Å². The number of nitrogens with zero attached hydrogens (tertiary/aromatic N) is 1. The van der Waals surface area contributed by atoms with Gasteiger partial charge in [0, 0.05) is 0 Å². The molecule has 0 spiro atoms. The van der Waals surface area contributed by atoms with Crippen molar-refractivity contribution in [3.05, 3.63) is 46.7 Å². The van der Waals surface area contributed by atoms with Crippen LogP contribution in [0.1, 0.15) is 30.2 Å². The van der Waals surface area contributed by atoms with Gasteiger partial charge >= 0.3 is 12.1 Å². The largest absolute Gasteiger partial charge is 0.463 e. The average molecular weight is 344 g/mol. The first-order chi connectivity index (χ1) is 10.8. The average Bonchev–Trinajstić information content (AvgIpc) is 2.45. The summed E-state index contributed by atoms with van der Waals surface area (Å²) in [6.45, 7) is 3.27. The van der Waals surface area contributed by atoms with Gasteiger partial charge in [0.1, 0.15) is 0 Å². The molecule has 0 radical (unpaired) electrons. The molecule has 8 heteroatoms. The molecule has 1 aliphatic rings. The Morgan fingerprint density at radius 3 is 2.65 bits per heavy atom. The summed E-state index contributed by atoms with van der Waals surface area (Å²) in [6, 6.07) is 5.12. The highest BCUT2D eigenvalue weighted by atomic mass is 32.2. The number of ether oxygens (including phenoxy) is 1. The third-order valence-electron chi connectivity index (χ3n) is 3.21. The van der Waals surface area contributed by atoms with Crippen LogP contribution in [-0.2, 0) is 15.7 Å². The van der Waals surface area contributed by atoms with E-state index in [4.69, 9.17) is 10.5 Å². The highest BCUT2D eigenvalue weighted by Gasteiger charge is 2.39. The molecule has 0 saturated heterocycles. The summed E-state index contributed by atoms with van der Waals surface area (Å²) in [4.78, 5) is 16.2. The van der Waals surface area contributed by atoms with Gasteiger partial charge in [0.25, 0.3) is 0 Å². The number of hydrogen-bond acceptors (Lipinski definition) is 5.